The topological polar surface area (TPSA) is 91.9 Å². The van der Waals surface area contributed by atoms with E-state index in [-0.39, 0.29) is 0 Å². The number of anilines is 4. The van der Waals surface area contributed by atoms with E-state index in [0.29, 0.717) is 47.9 Å². The van der Waals surface area contributed by atoms with Crippen LogP contribution < -0.4 is 29.9 Å². The second kappa shape index (κ2) is 7.34. The Hall–Kier alpha value is -3.23. The van der Waals surface area contributed by atoms with Gasteiger partial charge in [0, 0.05) is 39.9 Å². The molecular formula is C17H22N6O3. The van der Waals surface area contributed by atoms with E-state index in [4.69, 9.17) is 9.47 Å². The number of fused-ring (bicyclic) bond motifs is 1. The summed E-state index contributed by atoms with van der Waals surface area (Å²) in [7, 11) is 7.42. The molecule has 0 bridgehead atoms. The summed E-state index contributed by atoms with van der Waals surface area (Å²) in [6.45, 7) is 1.01. The highest BCUT2D eigenvalue weighted by atomic mass is 16.6. The molecule has 3 rings (SSSR count). The Kier molecular flexibility index (Phi) is 4.97. The first-order chi connectivity index (χ1) is 12.4. The van der Waals surface area contributed by atoms with Crippen LogP contribution >= 0.6 is 0 Å². The molecule has 2 N–H and O–H groups in total. The molecule has 26 heavy (non-hydrogen) atoms. The molecule has 1 aliphatic heterocycles. The highest BCUT2D eigenvalue weighted by Crippen LogP contribution is 2.32. The van der Waals surface area contributed by atoms with Crippen molar-refractivity contribution >= 4 is 29.2 Å². The first kappa shape index (κ1) is 17.6. The molecule has 1 aliphatic rings. The van der Waals surface area contributed by atoms with Crippen molar-refractivity contribution in [3.63, 3.8) is 0 Å². The molecule has 2 aromatic rings. The number of ether oxygens (including phenoxy) is 2. The van der Waals surface area contributed by atoms with Gasteiger partial charge < -0.3 is 29.9 Å². The van der Waals surface area contributed by atoms with E-state index in [1.165, 1.54) is 0 Å². The maximum absolute atomic E-state index is 12.4. The number of aromatic nitrogens is 2. The van der Waals surface area contributed by atoms with Crippen LogP contribution in [-0.2, 0) is 0 Å². The third-order valence-corrected chi connectivity index (χ3v) is 3.63. The fourth-order valence-corrected chi connectivity index (χ4v) is 2.41. The van der Waals surface area contributed by atoms with Gasteiger partial charge in [0.05, 0.1) is 6.20 Å². The molecule has 2 amide bonds. The van der Waals surface area contributed by atoms with E-state index in [9.17, 15) is 4.79 Å². The molecule has 2 heterocycles. The normalized spacial score (nSPS) is 12.3. The first-order valence-corrected chi connectivity index (χ1v) is 8.13. The monoisotopic (exact) mass is 358 g/mol. The summed E-state index contributed by atoms with van der Waals surface area (Å²) in [5, 5.41) is 5.55. The van der Waals surface area contributed by atoms with Gasteiger partial charge in [0.1, 0.15) is 18.9 Å². The number of hydrogen-bond donors (Lipinski definition) is 2. The highest BCUT2D eigenvalue weighted by Gasteiger charge is 2.15. The molecule has 0 aliphatic carbocycles. The highest BCUT2D eigenvalue weighted by molar-refractivity contribution is 6.01. The fourth-order valence-electron chi connectivity index (χ4n) is 2.41. The number of rotatable bonds is 4. The van der Waals surface area contributed by atoms with Crippen molar-refractivity contribution in [2.24, 2.45) is 0 Å². The number of nitrogens with zero attached hydrogens (tertiary/aromatic N) is 4. The van der Waals surface area contributed by atoms with Crippen molar-refractivity contribution in [2.45, 2.75) is 0 Å². The summed E-state index contributed by atoms with van der Waals surface area (Å²) in [4.78, 5) is 24.7. The van der Waals surface area contributed by atoms with Crippen LogP contribution in [0.25, 0.3) is 0 Å². The lowest BCUT2D eigenvalue weighted by Gasteiger charge is -2.20. The maximum Gasteiger partial charge on any atom is 0.323 e. The Morgan fingerprint density at radius 1 is 1.04 bits per heavy atom. The van der Waals surface area contributed by atoms with Crippen LogP contribution in [0.4, 0.5) is 27.9 Å². The van der Waals surface area contributed by atoms with E-state index in [2.05, 4.69) is 20.6 Å². The Bertz CT molecular complexity index is 809. The second-order valence-corrected chi connectivity index (χ2v) is 6.13. The molecule has 0 spiro atoms. The molecule has 9 heteroatoms. The van der Waals surface area contributed by atoms with Gasteiger partial charge in [0.2, 0.25) is 5.95 Å². The SMILES string of the molecule is CN(C)c1ncc(NC(=O)Nc2ccc3c(c2)OCCO3)c(N(C)C)n1. The third kappa shape index (κ3) is 3.88. The van der Waals surface area contributed by atoms with Gasteiger partial charge in [-0.1, -0.05) is 0 Å². The first-order valence-electron chi connectivity index (χ1n) is 8.13. The van der Waals surface area contributed by atoms with Crippen LogP contribution in [0.5, 0.6) is 11.5 Å². The predicted molar refractivity (Wildman–Crippen MR) is 101 cm³/mol. The lowest BCUT2D eigenvalue weighted by Crippen LogP contribution is -2.24. The molecule has 0 fully saturated rings. The molecular weight excluding hydrogens is 336 g/mol. The molecule has 1 aromatic carbocycles. The third-order valence-electron chi connectivity index (χ3n) is 3.63. The summed E-state index contributed by atoms with van der Waals surface area (Å²) in [6, 6.07) is 4.86. The lowest BCUT2D eigenvalue weighted by molar-refractivity contribution is 0.171. The largest absolute Gasteiger partial charge is 0.486 e. The zero-order valence-corrected chi connectivity index (χ0v) is 15.2. The van der Waals surface area contributed by atoms with E-state index in [1.807, 2.05) is 33.1 Å². The smallest absolute Gasteiger partial charge is 0.323 e. The number of hydrogen-bond acceptors (Lipinski definition) is 7. The average molecular weight is 358 g/mol. The van der Waals surface area contributed by atoms with E-state index in [1.54, 1.807) is 29.3 Å². The van der Waals surface area contributed by atoms with Crippen molar-refractivity contribution in [3.05, 3.63) is 24.4 Å². The minimum atomic E-state index is -0.397. The second-order valence-electron chi connectivity index (χ2n) is 6.13. The number of carbonyl (C=O) groups excluding carboxylic acids is 1. The summed E-state index contributed by atoms with van der Waals surface area (Å²) >= 11 is 0. The Morgan fingerprint density at radius 2 is 1.77 bits per heavy atom. The van der Waals surface area contributed by atoms with Crippen LogP contribution in [0.2, 0.25) is 0 Å². The number of amides is 2. The number of urea groups is 1. The van der Waals surface area contributed by atoms with Gasteiger partial charge in [-0.3, -0.25) is 0 Å². The van der Waals surface area contributed by atoms with Gasteiger partial charge in [-0.2, -0.15) is 4.98 Å². The molecule has 9 nitrogen and oxygen atoms in total. The van der Waals surface area contributed by atoms with Gasteiger partial charge >= 0.3 is 6.03 Å². The Labute approximate surface area is 151 Å². The van der Waals surface area contributed by atoms with Gasteiger partial charge in [-0.25, -0.2) is 9.78 Å². The van der Waals surface area contributed by atoms with Crippen LogP contribution in [0.1, 0.15) is 0 Å². The van der Waals surface area contributed by atoms with Gasteiger partial charge in [0.25, 0.3) is 0 Å². The van der Waals surface area contributed by atoms with Crippen LogP contribution in [-0.4, -0.2) is 57.4 Å². The summed E-state index contributed by atoms with van der Waals surface area (Å²) in [5.41, 5.74) is 1.11. The van der Waals surface area contributed by atoms with E-state index < -0.39 is 6.03 Å². The molecule has 0 radical (unpaired) electrons. The van der Waals surface area contributed by atoms with Crippen molar-refractivity contribution < 1.29 is 14.3 Å². The van der Waals surface area contributed by atoms with Crippen LogP contribution in [0.3, 0.4) is 0 Å². The summed E-state index contributed by atoms with van der Waals surface area (Å²) in [5.74, 6) is 2.46. The average Bonchev–Trinajstić information content (AvgIpc) is 2.61. The minimum Gasteiger partial charge on any atom is -0.486 e. The number of carbonyl (C=O) groups is 1. The van der Waals surface area contributed by atoms with Crippen molar-refractivity contribution in [3.8, 4) is 11.5 Å². The van der Waals surface area contributed by atoms with E-state index in [0.717, 1.165) is 0 Å². The number of nitrogens with one attached hydrogen (secondary N) is 2. The van der Waals surface area contributed by atoms with Crippen molar-refractivity contribution in [1.29, 1.82) is 0 Å². The molecule has 0 unspecified atom stereocenters. The van der Waals surface area contributed by atoms with Gasteiger partial charge in [-0.05, 0) is 12.1 Å². The quantitative estimate of drug-likeness (QED) is 0.864. The molecule has 0 atom stereocenters. The minimum absolute atomic E-state index is 0.397. The fraction of sp³-hybridized carbons (Fsp3) is 0.353. The van der Waals surface area contributed by atoms with Crippen LogP contribution in [0.15, 0.2) is 24.4 Å². The molecule has 0 saturated heterocycles. The van der Waals surface area contributed by atoms with Gasteiger partial charge in [0.15, 0.2) is 17.3 Å². The van der Waals surface area contributed by atoms with Crippen molar-refractivity contribution in [2.75, 3.05) is 61.8 Å². The standard InChI is InChI=1S/C17H22N6O3/c1-22(2)15-12(10-18-16(21-15)23(3)4)20-17(24)19-11-5-6-13-14(9-11)26-8-7-25-13/h5-6,9-10H,7-8H2,1-4H3,(H2,19,20,24). The molecule has 1 aromatic heterocycles. The van der Waals surface area contributed by atoms with E-state index >= 15 is 0 Å². The lowest BCUT2D eigenvalue weighted by atomic mass is 10.2. The van der Waals surface area contributed by atoms with Crippen molar-refractivity contribution in [1.82, 2.24) is 9.97 Å². The van der Waals surface area contributed by atoms with Gasteiger partial charge in [-0.15, -0.1) is 0 Å². The number of benzene rings is 1. The zero-order chi connectivity index (χ0) is 18.7. The summed E-state index contributed by atoms with van der Waals surface area (Å²) < 4.78 is 11.0. The Morgan fingerprint density at radius 3 is 2.46 bits per heavy atom. The molecule has 138 valence electrons. The predicted octanol–water partition coefficient (Wildman–Crippen LogP) is 2.02. The zero-order valence-electron chi connectivity index (χ0n) is 15.2. The molecule has 0 saturated carbocycles. The van der Waals surface area contributed by atoms with Crippen LogP contribution in [0, 0.1) is 0 Å². The maximum atomic E-state index is 12.4. The summed E-state index contributed by atoms with van der Waals surface area (Å²) in [6.07, 6.45) is 1.58. The Balaban J connectivity index is 1.74.